The van der Waals surface area contributed by atoms with Gasteiger partial charge in [-0.1, -0.05) is 24.3 Å². The molecule has 0 bridgehead atoms. The van der Waals surface area contributed by atoms with Gasteiger partial charge in [0.15, 0.2) is 11.5 Å². The van der Waals surface area contributed by atoms with Crippen LogP contribution in [0, 0.1) is 0 Å². The van der Waals surface area contributed by atoms with Crippen LogP contribution >= 0.6 is 15.9 Å². The van der Waals surface area contributed by atoms with Crippen LogP contribution in [-0.4, -0.2) is 32.7 Å². The Balaban J connectivity index is 1.92. The summed E-state index contributed by atoms with van der Waals surface area (Å²) in [5.74, 6) is 0.627. The number of hydrogen-bond donors (Lipinski definition) is 1. The van der Waals surface area contributed by atoms with E-state index in [4.69, 9.17) is 9.47 Å². The van der Waals surface area contributed by atoms with E-state index in [1.807, 2.05) is 6.07 Å². The van der Waals surface area contributed by atoms with Gasteiger partial charge in [0.05, 0.1) is 15.7 Å². The maximum absolute atomic E-state index is 13.0. The van der Waals surface area contributed by atoms with E-state index in [-0.39, 0.29) is 22.0 Å². The van der Waals surface area contributed by atoms with E-state index in [0.717, 1.165) is 4.31 Å². The Morgan fingerprint density at radius 1 is 0.967 bits per heavy atom. The standard InChI is InChI=1S/C21H17BrN2O5S/c1-24(2)30(26,27)20-11-13-18(12-19(20)28-16-9-5-3-7-14(16)22)29-17-10-6-4-8-15(17)23-21(13)25/h3-12H,1-2H3,(H,23,25). The van der Waals surface area contributed by atoms with Gasteiger partial charge in [-0.3, -0.25) is 4.79 Å². The molecule has 0 fully saturated rings. The van der Waals surface area contributed by atoms with Crippen LogP contribution < -0.4 is 14.8 Å². The highest BCUT2D eigenvalue weighted by atomic mass is 79.9. The zero-order valence-electron chi connectivity index (χ0n) is 16.0. The zero-order chi connectivity index (χ0) is 21.5. The molecule has 1 heterocycles. The van der Waals surface area contributed by atoms with E-state index in [0.29, 0.717) is 21.7 Å². The Labute approximate surface area is 182 Å². The molecule has 154 valence electrons. The molecule has 0 radical (unpaired) electrons. The molecule has 0 aliphatic carbocycles. The number of nitrogens with zero attached hydrogens (tertiary/aromatic N) is 1. The average Bonchev–Trinajstić information content (AvgIpc) is 2.84. The smallest absolute Gasteiger partial charge is 0.259 e. The first-order chi connectivity index (χ1) is 14.3. The number of fused-ring (bicyclic) bond motifs is 2. The average molecular weight is 489 g/mol. The summed E-state index contributed by atoms with van der Waals surface area (Å²) in [4.78, 5) is 12.6. The first kappa shape index (κ1) is 20.4. The lowest BCUT2D eigenvalue weighted by Crippen LogP contribution is -2.23. The Bertz CT molecular complexity index is 1260. The molecule has 1 amide bonds. The molecule has 0 aromatic heterocycles. The largest absolute Gasteiger partial charge is 0.455 e. The van der Waals surface area contributed by atoms with Gasteiger partial charge in [-0.2, -0.15) is 0 Å². The molecule has 1 aliphatic rings. The quantitative estimate of drug-likeness (QED) is 0.567. The van der Waals surface area contributed by atoms with Crippen molar-refractivity contribution >= 4 is 37.5 Å². The van der Waals surface area contributed by atoms with Crippen LogP contribution in [0.15, 0.2) is 70.0 Å². The van der Waals surface area contributed by atoms with Crippen LogP contribution in [0.4, 0.5) is 5.69 Å². The third-order valence-corrected chi connectivity index (χ3v) is 6.95. The van der Waals surface area contributed by atoms with Crippen LogP contribution in [0.2, 0.25) is 0 Å². The second-order valence-corrected chi connectivity index (χ2v) is 9.64. The van der Waals surface area contributed by atoms with Crippen molar-refractivity contribution in [3.63, 3.8) is 0 Å². The van der Waals surface area contributed by atoms with Gasteiger partial charge < -0.3 is 14.8 Å². The molecule has 1 aliphatic heterocycles. The molecule has 0 saturated carbocycles. The lowest BCUT2D eigenvalue weighted by atomic mass is 10.1. The first-order valence-electron chi connectivity index (χ1n) is 8.88. The monoisotopic (exact) mass is 488 g/mol. The third-order valence-electron chi connectivity index (χ3n) is 4.46. The van der Waals surface area contributed by atoms with E-state index in [1.54, 1.807) is 42.5 Å². The van der Waals surface area contributed by atoms with Crippen molar-refractivity contribution in [2.45, 2.75) is 4.90 Å². The minimum Gasteiger partial charge on any atom is -0.455 e. The molecule has 1 N–H and O–H groups in total. The summed E-state index contributed by atoms with van der Waals surface area (Å²) in [6.45, 7) is 0. The van der Waals surface area contributed by atoms with Crippen molar-refractivity contribution in [3.05, 3.63) is 70.7 Å². The van der Waals surface area contributed by atoms with Crippen LogP contribution in [0.1, 0.15) is 10.4 Å². The molecule has 0 saturated heterocycles. The molecule has 3 aromatic carbocycles. The fourth-order valence-electron chi connectivity index (χ4n) is 2.89. The Hall–Kier alpha value is -2.88. The number of amides is 1. The second kappa shape index (κ2) is 7.75. The van der Waals surface area contributed by atoms with Crippen molar-refractivity contribution in [3.8, 4) is 23.0 Å². The molecular weight excluding hydrogens is 472 g/mol. The van der Waals surface area contributed by atoms with Crippen molar-refractivity contribution < 1.29 is 22.7 Å². The Kier molecular flexibility index (Phi) is 5.27. The molecule has 0 unspecified atom stereocenters. The highest BCUT2D eigenvalue weighted by Gasteiger charge is 2.30. The number of halogens is 1. The summed E-state index contributed by atoms with van der Waals surface area (Å²) in [5.41, 5.74) is 0.579. The molecule has 0 spiro atoms. The van der Waals surface area contributed by atoms with Gasteiger partial charge in [0, 0.05) is 20.2 Å². The third kappa shape index (κ3) is 3.67. The number of para-hydroxylation sites is 3. The summed E-state index contributed by atoms with van der Waals surface area (Å²) in [6, 6.07) is 16.7. The number of rotatable bonds is 4. The van der Waals surface area contributed by atoms with Gasteiger partial charge in [-0.25, -0.2) is 12.7 Å². The number of anilines is 1. The number of hydrogen-bond acceptors (Lipinski definition) is 5. The summed E-state index contributed by atoms with van der Waals surface area (Å²) >= 11 is 3.40. The fourth-order valence-corrected chi connectivity index (χ4v) is 4.27. The summed E-state index contributed by atoms with van der Waals surface area (Å²) < 4.78 is 39.6. The predicted molar refractivity (Wildman–Crippen MR) is 116 cm³/mol. The maximum Gasteiger partial charge on any atom is 0.259 e. The lowest BCUT2D eigenvalue weighted by Gasteiger charge is -2.18. The van der Waals surface area contributed by atoms with Crippen molar-refractivity contribution in [2.75, 3.05) is 19.4 Å². The van der Waals surface area contributed by atoms with Gasteiger partial charge in [-0.05, 0) is 46.3 Å². The minimum absolute atomic E-state index is 0.0431. The van der Waals surface area contributed by atoms with E-state index in [2.05, 4.69) is 21.2 Å². The fraction of sp³-hybridized carbons (Fsp3) is 0.0952. The van der Waals surface area contributed by atoms with Crippen LogP contribution in [0.5, 0.6) is 23.0 Å². The van der Waals surface area contributed by atoms with Crippen molar-refractivity contribution in [1.82, 2.24) is 4.31 Å². The van der Waals surface area contributed by atoms with E-state index < -0.39 is 15.9 Å². The Morgan fingerprint density at radius 3 is 2.40 bits per heavy atom. The summed E-state index contributed by atoms with van der Waals surface area (Å²) in [6.07, 6.45) is 0. The molecule has 0 atom stereocenters. The number of benzene rings is 3. The molecular formula is C21H17BrN2O5S. The van der Waals surface area contributed by atoms with Gasteiger partial charge in [0.2, 0.25) is 10.0 Å². The number of carbonyl (C=O) groups excluding carboxylic acids is 1. The van der Waals surface area contributed by atoms with E-state index in [1.165, 1.54) is 26.2 Å². The zero-order valence-corrected chi connectivity index (χ0v) is 18.5. The van der Waals surface area contributed by atoms with Crippen molar-refractivity contribution in [1.29, 1.82) is 0 Å². The summed E-state index contributed by atoms with van der Waals surface area (Å²) in [5, 5.41) is 2.74. The molecule has 3 aromatic rings. The van der Waals surface area contributed by atoms with Gasteiger partial charge in [-0.15, -0.1) is 0 Å². The number of sulfonamides is 1. The number of ether oxygens (including phenoxy) is 2. The van der Waals surface area contributed by atoms with Crippen LogP contribution in [-0.2, 0) is 10.0 Å². The van der Waals surface area contributed by atoms with E-state index in [9.17, 15) is 13.2 Å². The second-order valence-electron chi connectivity index (χ2n) is 6.67. The van der Waals surface area contributed by atoms with Crippen LogP contribution in [0.25, 0.3) is 0 Å². The van der Waals surface area contributed by atoms with Gasteiger partial charge >= 0.3 is 0 Å². The number of carbonyl (C=O) groups is 1. The normalized spacial score (nSPS) is 13.0. The summed E-state index contributed by atoms with van der Waals surface area (Å²) in [7, 11) is -1.09. The lowest BCUT2D eigenvalue weighted by molar-refractivity contribution is 0.102. The molecule has 30 heavy (non-hydrogen) atoms. The molecule has 4 rings (SSSR count). The number of nitrogens with one attached hydrogen (secondary N) is 1. The SMILES string of the molecule is CN(C)S(=O)(=O)c1cc2c(cc1Oc1ccccc1Br)Oc1ccccc1NC2=O. The van der Waals surface area contributed by atoms with Gasteiger partial charge in [0.1, 0.15) is 16.4 Å². The highest BCUT2D eigenvalue weighted by Crippen LogP contribution is 2.42. The highest BCUT2D eigenvalue weighted by molar-refractivity contribution is 9.10. The Morgan fingerprint density at radius 2 is 1.67 bits per heavy atom. The molecule has 9 heteroatoms. The predicted octanol–water partition coefficient (Wildman–Crippen LogP) is 4.85. The van der Waals surface area contributed by atoms with Crippen LogP contribution in [0.3, 0.4) is 0 Å². The maximum atomic E-state index is 13.0. The first-order valence-corrected chi connectivity index (χ1v) is 11.1. The van der Waals surface area contributed by atoms with Crippen molar-refractivity contribution in [2.24, 2.45) is 0 Å². The minimum atomic E-state index is -3.92. The molecule has 7 nitrogen and oxygen atoms in total. The topological polar surface area (TPSA) is 84.9 Å². The van der Waals surface area contributed by atoms with E-state index >= 15 is 0 Å². The van der Waals surface area contributed by atoms with Gasteiger partial charge in [0.25, 0.3) is 5.91 Å².